The molecular weight excluding hydrogens is 306 g/mol. The molecule has 4 nitrogen and oxygen atoms in total. The first-order chi connectivity index (χ1) is 8.95. The highest BCUT2D eigenvalue weighted by Crippen LogP contribution is 2.30. The topological polar surface area (TPSA) is 61.0 Å². The summed E-state index contributed by atoms with van der Waals surface area (Å²) in [7, 11) is 0. The maximum Gasteiger partial charge on any atom is 0.322 e. The van der Waals surface area contributed by atoms with E-state index >= 15 is 0 Å². The van der Waals surface area contributed by atoms with Crippen molar-refractivity contribution in [1.29, 1.82) is 0 Å². The fourth-order valence-electron chi connectivity index (χ4n) is 1.60. The SMILES string of the molecule is Cc1cc(C(C)C)nc(Oc2cc(N)ccc2Br)n1. The van der Waals surface area contributed by atoms with Gasteiger partial charge in [0.25, 0.3) is 0 Å². The zero-order valence-corrected chi connectivity index (χ0v) is 12.7. The van der Waals surface area contributed by atoms with Gasteiger partial charge in [-0.05, 0) is 47.0 Å². The molecule has 0 saturated carbocycles. The van der Waals surface area contributed by atoms with Crippen LogP contribution in [0.2, 0.25) is 0 Å². The van der Waals surface area contributed by atoms with Gasteiger partial charge in [0.15, 0.2) is 0 Å². The first-order valence-corrected chi connectivity index (χ1v) is 6.83. The summed E-state index contributed by atoms with van der Waals surface area (Å²) in [5, 5.41) is 0. The van der Waals surface area contributed by atoms with Crippen molar-refractivity contribution >= 4 is 21.6 Å². The highest BCUT2D eigenvalue weighted by atomic mass is 79.9. The predicted octanol–water partition coefficient (Wildman–Crippen LogP) is 4.05. The number of nitrogens with two attached hydrogens (primary N) is 1. The van der Waals surface area contributed by atoms with Crippen molar-refractivity contribution < 1.29 is 4.74 Å². The molecule has 2 N–H and O–H groups in total. The van der Waals surface area contributed by atoms with E-state index in [4.69, 9.17) is 10.5 Å². The van der Waals surface area contributed by atoms with Gasteiger partial charge < -0.3 is 10.5 Å². The fourth-order valence-corrected chi connectivity index (χ4v) is 1.93. The minimum atomic E-state index is 0.327. The average Bonchev–Trinajstić information content (AvgIpc) is 2.33. The lowest BCUT2D eigenvalue weighted by molar-refractivity contribution is 0.434. The lowest BCUT2D eigenvalue weighted by Crippen LogP contribution is -2.00. The number of rotatable bonds is 3. The van der Waals surface area contributed by atoms with Gasteiger partial charge in [0, 0.05) is 17.4 Å². The molecule has 1 aromatic carbocycles. The Morgan fingerprint density at radius 2 is 1.95 bits per heavy atom. The minimum absolute atomic E-state index is 0.327. The van der Waals surface area contributed by atoms with Gasteiger partial charge >= 0.3 is 6.01 Å². The van der Waals surface area contributed by atoms with Gasteiger partial charge in [-0.25, -0.2) is 4.98 Å². The standard InChI is InChI=1S/C14H16BrN3O/c1-8(2)12-6-9(3)17-14(18-12)19-13-7-10(16)4-5-11(13)15/h4-8H,16H2,1-3H3. The van der Waals surface area contributed by atoms with Crippen LogP contribution in [0.15, 0.2) is 28.7 Å². The van der Waals surface area contributed by atoms with Crippen LogP contribution in [0.5, 0.6) is 11.8 Å². The summed E-state index contributed by atoms with van der Waals surface area (Å²) in [6, 6.07) is 7.68. The van der Waals surface area contributed by atoms with Crippen LogP contribution in [0.25, 0.3) is 0 Å². The highest BCUT2D eigenvalue weighted by Gasteiger charge is 2.09. The van der Waals surface area contributed by atoms with E-state index in [9.17, 15) is 0 Å². The molecule has 0 saturated heterocycles. The summed E-state index contributed by atoms with van der Waals surface area (Å²) < 4.78 is 6.53. The van der Waals surface area contributed by atoms with E-state index in [1.807, 2.05) is 19.1 Å². The normalized spacial score (nSPS) is 10.8. The number of benzene rings is 1. The monoisotopic (exact) mass is 321 g/mol. The summed E-state index contributed by atoms with van der Waals surface area (Å²) in [5.41, 5.74) is 8.23. The molecule has 0 fully saturated rings. The molecule has 0 aliphatic rings. The smallest absolute Gasteiger partial charge is 0.322 e. The van der Waals surface area contributed by atoms with Gasteiger partial charge in [0.1, 0.15) is 5.75 Å². The van der Waals surface area contributed by atoms with Crippen LogP contribution in [0.4, 0.5) is 5.69 Å². The first kappa shape index (κ1) is 13.8. The van der Waals surface area contributed by atoms with E-state index in [1.165, 1.54) is 0 Å². The zero-order chi connectivity index (χ0) is 14.0. The van der Waals surface area contributed by atoms with Gasteiger partial charge in [-0.2, -0.15) is 4.98 Å². The largest absolute Gasteiger partial charge is 0.423 e. The molecule has 0 unspecified atom stereocenters. The van der Waals surface area contributed by atoms with Crippen LogP contribution in [0.3, 0.4) is 0 Å². The Balaban J connectivity index is 2.35. The van der Waals surface area contributed by atoms with E-state index in [0.29, 0.717) is 23.4 Å². The molecule has 0 atom stereocenters. The van der Waals surface area contributed by atoms with Gasteiger partial charge in [-0.3, -0.25) is 0 Å². The Bertz CT molecular complexity index is 599. The maximum atomic E-state index is 5.75. The van der Waals surface area contributed by atoms with Crippen molar-refractivity contribution in [2.75, 3.05) is 5.73 Å². The number of hydrogen-bond donors (Lipinski definition) is 1. The third kappa shape index (κ3) is 3.44. The number of nitrogens with zero attached hydrogens (tertiary/aromatic N) is 2. The van der Waals surface area contributed by atoms with E-state index in [2.05, 4.69) is 39.7 Å². The van der Waals surface area contributed by atoms with Crippen LogP contribution in [-0.4, -0.2) is 9.97 Å². The molecule has 1 aromatic heterocycles. The van der Waals surface area contributed by atoms with Crippen molar-refractivity contribution in [2.24, 2.45) is 0 Å². The molecular formula is C14H16BrN3O. The fraction of sp³-hybridized carbons (Fsp3) is 0.286. The second-order valence-electron chi connectivity index (χ2n) is 4.66. The number of halogens is 1. The summed E-state index contributed by atoms with van der Waals surface area (Å²) in [4.78, 5) is 8.69. The van der Waals surface area contributed by atoms with E-state index in [0.717, 1.165) is 15.9 Å². The van der Waals surface area contributed by atoms with Gasteiger partial charge in [-0.1, -0.05) is 13.8 Å². The van der Waals surface area contributed by atoms with Crippen molar-refractivity contribution in [3.8, 4) is 11.8 Å². The van der Waals surface area contributed by atoms with Gasteiger partial charge in [-0.15, -0.1) is 0 Å². The van der Waals surface area contributed by atoms with Crippen LogP contribution < -0.4 is 10.5 Å². The molecule has 5 heteroatoms. The molecule has 0 aliphatic carbocycles. The maximum absolute atomic E-state index is 5.75. The van der Waals surface area contributed by atoms with Crippen LogP contribution in [-0.2, 0) is 0 Å². The van der Waals surface area contributed by atoms with E-state index in [1.54, 1.807) is 12.1 Å². The number of nitrogen functional groups attached to an aromatic ring is 1. The quantitative estimate of drug-likeness (QED) is 0.866. The molecule has 0 radical (unpaired) electrons. The molecule has 0 bridgehead atoms. The van der Waals surface area contributed by atoms with Gasteiger partial charge in [0.05, 0.1) is 10.2 Å². The molecule has 100 valence electrons. The predicted molar refractivity (Wildman–Crippen MR) is 79.5 cm³/mol. The Kier molecular flexibility index (Phi) is 4.04. The number of anilines is 1. The second-order valence-corrected chi connectivity index (χ2v) is 5.52. The van der Waals surface area contributed by atoms with Crippen molar-refractivity contribution in [3.63, 3.8) is 0 Å². The molecule has 1 heterocycles. The molecule has 19 heavy (non-hydrogen) atoms. The van der Waals surface area contributed by atoms with Crippen molar-refractivity contribution in [3.05, 3.63) is 40.1 Å². The third-order valence-electron chi connectivity index (χ3n) is 2.60. The molecule has 0 amide bonds. The Morgan fingerprint density at radius 1 is 1.21 bits per heavy atom. The Hall–Kier alpha value is -1.62. The summed E-state index contributed by atoms with van der Waals surface area (Å²) in [6.07, 6.45) is 0. The van der Waals surface area contributed by atoms with E-state index < -0.39 is 0 Å². The number of aryl methyl sites for hydroxylation is 1. The number of ether oxygens (including phenoxy) is 1. The Labute approximate surface area is 121 Å². The molecule has 0 aliphatic heterocycles. The summed E-state index contributed by atoms with van der Waals surface area (Å²) in [5.74, 6) is 0.939. The molecule has 2 rings (SSSR count). The average molecular weight is 322 g/mol. The molecule has 2 aromatic rings. The summed E-state index contributed by atoms with van der Waals surface area (Å²) >= 11 is 3.42. The second kappa shape index (κ2) is 5.57. The van der Waals surface area contributed by atoms with Crippen molar-refractivity contribution in [1.82, 2.24) is 9.97 Å². The molecule has 0 spiro atoms. The number of aromatic nitrogens is 2. The third-order valence-corrected chi connectivity index (χ3v) is 3.26. The summed E-state index contributed by atoms with van der Waals surface area (Å²) in [6.45, 7) is 6.10. The zero-order valence-electron chi connectivity index (χ0n) is 11.1. The van der Waals surface area contributed by atoms with Crippen LogP contribution in [0, 0.1) is 6.92 Å². The van der Waals surface area contributed by atoms with Crippen LogP contribution in [0.1, 0.15) is 31.2 Å². The van der Waals surface area contributed by atoms with Crippen LogP contribution >= 0.6 is 15.9 Å². The highest BCUT2D eigenvalue weighted by molar-refractivity contribution is 9.10. The van der Waals surface area contributed by atoms with Gasteiger partial charge in [0.2, 0.25) is 0 Å². The Morgan fingerprint density at radius 3 is 2.63 bits per heavy atom. The lowest BCUT2D eigenvalue weighted by atomic mass is 10.1. The van der Waals surface area contributed by atoms with E-state index in [-0.39, 0.29) is 0 Å². The first-order valence-electron chi connectivity index (χ1n) is 6.04. The minimum Gasteiger partial charge on any atom is -0.423 e. The van der Waals surface area contributed by atoms with Crippen molar-refractivity contribution in [2.45, 2.75) is 26.7 Å². The number of hydrogen-bond acceptors (Lipinski definition) is 4. The lowest BCUT2D eigenvalue weighted by Gasteiger charge is -2.10.